The van der Waals surface area contributed by atoms with E-state index >= 15 is 0 Å². The highest BCUT2D eigenvalue weighted by molar-refractivity contribution is 9.10. The average Bonchev–Trinajstić information content (AvgIpc) is 3.05. The van der Waals surface area contributed by atoms with E-state index in [1.807, 2.05) is 31.4 Å². The number of aromatic nitrogens is 6. The van der Waals surface area contributed by atoms with Crippen LogP contribution in [-0.4, -0.2) is 29.4 Å². The maximum absolute atomic E-state index is 12.1. The SMILES string of the molecule is Cn1cc(-c2nc3c4ccc(Br)cc4[nH]c(=O)n3n2)cn1. The molecule has 7 nitrogen and oxygen atoms in total. The van der Waals surface area contributed by atoms with Crippen molar-refractivity contribution in [2.75, 3.05) is 0 Å². The molecule has 0 amide bonds. The molecule has 0 bridgehead atoms. The van der Waals surface area contributed by atoms with Gasteiger partial charge in [-0.15, -0.1) is 5.10 Å². The van der Waals surface area contributed by atoms with Crippen LogP contribution in [0.4, 0.5) is 0 Å². The lowest BCUT2D eigenvalue weighted by Crippen LogP contribution is -2.17. The molecular weight excluding hydrogens is 336 g/mol. The van der Waals surface area contributed by atoms with Gasteiger partial charge in [0, 0.05) is 23.1 Å². The van der Waals surface area contributed by atoms with E-state index in [2.05, 4.69) is 36.1 Å². The first-order valence-electron chi connectivity index (χ1n) is 6.19. The number of fused-ring (bicyclic) bond motifs is 3. The molecule has 104 valence electrons. The molecule has 4 rings (SSSR count). The van der Waals surface area contributed by atoms with Crippen molar-refractivity contribution in [2.45, 2.75) is 0 Å². The van der Waals surface area contributed by atoms with Crippen molar-refractivity contribution in [2.24, 2.45) is 7.05 Å². The zero-order valence-corrected chi connectivity index (χ0v) is 12.5. The smallest absolute Gasteiger partial charge is 0.305 e. The van der Waals surface area contributed by atoms with Crippen LogP contribution in [0.2, 0.25) is 0 Å². The maximum atomic E-state index is 12.1. The fourth-order valence-electron chi connectivity index (χ4n) is 2.27. The summed E-state index contributed by atoms with van der Waals surface area (Å²) in [4.78, 5) is 19.4. The lowest BCUT2D eigenvalue weighted by Gasteiger charge is -1.99. The van der Waals surface area contributed by atoms with Gasteiger partial charge < -0.3 is 4.98 Å². The zero-order chi connectivity index (χ0) is 14.6. The summed E-state index contributed by atoms with van der Waals surface area (Å²) in [5.74, 6) is 0.476. The highest BCUT2D eigenvalue weighted by atomic mass is 79.9. The van der Waals surface area contributed by atoms with Gasteiger partial charge in [0.1, 0.15) is 0 Å². The van der Waals surface area contributed by atoms with Gasteiger partial charge in [-0.3, -0.25) is 4.68 Å². The predicted molar refractivity (Wildman–Crippen MR) is 81.0 cm³/mol. The molecule has 8 heteroatoms. The van der Waals surface area contributed by atoms with E-state index in [9.17, 15) is 4.79 Å². The van der Waals surface area contributed by atoms with Gasteiger partial charge in [-0.25, -0.2) is 9.78 Å². The highest BCUT2D eigenvalue weighted by Gasteiger charge is 2.13. The summed E-state index contributed by atoms with van der Waals surface area (Å²) in [6.07, 6.45) is 3.48. The minimum Gasteiger partial charge on any atom is -0.305 e. The number of rotatable bonds is 1. The van der Waals surface area contributed by atoms with E-state index in [1.165, 1.54) is 4.52 Å². The third-order valence-electron chi connectivity index (χ3n) is 3.23. The molecule has 0 aliphatic rings. The number of aromatic amines is 1. The van der Waals surface area contributed by atoms with E-state index in [-0.39, 0.29) is 5.69 Å². The van der Waals surface area contributed by atoms with E-state index in [4.69, 9.17) is 0 Å². The monoisotopic (exact) mass is 344 g/mol. The Kier molecular flexibility index (Phi) is 2.49. The Bertz CT molecular complexity index is 1040. The van der Waals surface area contributed by atoms with Crippen LogP contribution in [0.1, 0.15) is 0 Å². The average molecular weight is 345 g/mol. The van der Waals surface area contributed by atoms with Crippen LogP contribution >= 0.6 is 15.9 Å². The van der Waals surface area contributed by atoms with Crippen LogP contribution in [0.25, 0.3) is 27.9 Å². The molecule has 1 aromatic carbocycles. The van der Waals surface area contributed by atoms with Crippen molar-refractivity contribution in [3.8, 4) is 11.4 Å². The number of H-pyrrole nitrogens is 1. The van der Waals surface area contributed by atoms with Crippen LogP contribution in [0.5, 0.6) is 0 Å². The lowest BCUT2D eigenvalue weighted by atomic mass is 10.2. The molecule has 0 saturated carbocycles. The summed E-state index contributed by atoms with van der Waals surface area (Å²) in [7, 11) is 1.82. The summed E-state index contributed by atoms with van der Waals surface area (Å²) in [5.41, 5.74) is 1.69. The van der Waals surface area contributed by atoms with Gasteiger partial charge in [0.05, 0.1) is 17.3 Å². The Hall–Kier alpha value is -2.48. The quantitative estimate of drug-likeness (QED) is 0.570. The number of nitrogens with zero attached hydrogens (tertiary/aromatic N) is 5. The van der Waals surface area contributed by atoms with Crippen molar-refractivity contribution in [1.29, 1.82) is 0 Å². The minimum atomic E-state index is -0.321. The highest BCUT2D eigenvalue weighted by Crippen LogP contribution is 2.22. The Morgan fingerprint density at radius 2 is 2.19 bits per heavy atom. The molecular formula is C13H9BrN6O. The number of nitrogens with one attached hydrogen (secondary N) is 1. The number of benzene rings is 1. The maximum Gasteiger partial charge on any atom is 0.348 e. The second kappa shape index (κ2) is 4.26. The van der Waals surface area contributed by atoms with Gasteiger partial charge in [-0.1, -0.05) is 15.9 Å². The molecule has 1 N–H and O–H groups in total. The molecule has 4 aromatic rings. The van der Waals surface area contributed by atoms with E-state index in [1.54, 1.807) is 10.9 Å². The molecule has 0 fully saturated rings. The summed E-state index contributed by atoms with van der Waals surface area (Å²) < 4.78 is 3.83. The minimum absolute atomic E-state index is 0.321. The van der Waals surface area contributed by atoms with Crippen molar-refractivity contribution in [3.05, 3.63) is 45.5 Å². The van der Waals surface area contributed by atoms with Crippen LogP contribution in [0.15, 0.2) is 39.9 Å². The molecule has 0 aliphatic carbocycles. The normalized spacial score (nSPS) is 11.5. The standard InChI is InChI=1S/C13H9BrN6O/c1-19-6-7(5-15-19)11-17-12-9-3-2-8(14)4-10(9)16-13(21)20(12)18-11/h2-6H,1H3,(H,16,21). The Morgan fingerprint density at radius 3 is 2.95 bits per heavy atom. The first-order valence-corrected chi connectivity index (χ1v) is 6.98. The van der Waals surface area contributed by atoms with E-state index in [0.717, 1.165) is 15.4 Å². The van der Waals surface area contributed by atoms with Crippen LogP contribution in [0.3, 0.4) is 0 Å². The Balaban J connectivity index is 2.08. The Morgan fingerprint density at radius 1 is 1.33 bits per heavy atom. The molecule has 0 saturated heterocycles. The number of hydrogen-bond acceptors (Lipinski definition) is 4. The fourth-order valence-corrected chi connectivity index (χ4v) is 2.63. The van der Waals surface area contributed by atoms with Crippen LogP contribution < -0.4 is 5.69 Å². The molecule has 0 radical (unpaired) electrons. The van der Waals surface area contributed by atoms with E-state index < -0.39 is 0 Å². The van der Waals surface area contributed by atoms with Crippen molar-refractivity contribution in [3.63, 3.8) is 0 Å². The first kappa shape index (κ1) is 12.3. The van der Waals surface area contributed by atoms with Crippen molar-refractivity contribution in [1.82, 2.24) is 29.4 Å². The van der Waals surface area contributed by atoms with Crippen molar-refractivity contribution >= 4 is 32.5 Å². The zero-order valence-electron chi connectivity index (χ0n) is 10.9. The summed E-state index contributed by atoms with van der Waals surface area (Å²) in [6.45, 7) is 0. The molecule has 0 unspecified atom stereocenters. The molecule has 3 heterocycles. The largest absolute Gasteiger partial charge is 0.348 e. The van der Waals surface area contributed by atoms with Gasteiger partial charge in [0.2, 0.25) is 0 Å². The Labute approximate surface area is 126 Å². The number of halogens is 1. The third kappa shape index (κ3) is 1.87. The second-order valence-electron chi connectivity index (χ2n) is 4.69. The second-order valence-corrected chi connectivity index (χ2v) is 5.61. The summed E-state index contributed by atoms with van der Waals surface area (Å²) in [6, 6.07) is 5.64. The fraction of sp³-hybridized carbons (Fsp3) is 0.0769. The van der Waals surface area contributed by atoms with Gasteiger partial charge in [0.15, 0.2) is 11.5 Å². The van der Waals surface area contributed by atoms with Crippen LogP contribution in [-0.2, 0) is 7.05 Å². The predicted octanol–water partition coefficient (Wildman–Crippen LogP) is 1.73. The van der Waals surface area contributed by atoms with Gasteiger partial charge >= 0.3 is 5.69 Å². The van der Waals surface area contributed by atoms with Gasteiger partial charge in [-0.05, 0) is 18.2 Å². The van der Waals surface area contributed by atoms with Gasteiger partial charge in [-0.2, -0.15) is 9.61 Å². The molecule has 3 aromatic heterocycles. The summed E-state index contributed by atoms with van der Waals surface area (Å²) >= 11 is 3.39. The van der Waals surface area contributed by atoms with Crippen LogP contribution in [0, 0.1) is 0 Å². The molecule has 21 heavy (non-hydrogen) atoms. The van der Waals surface area contributed by atoms with Crippen molar-refractivity contribution < 1.29 is 0 Å². The molecule has 0 aliphatic heterocycles. The first-order chi connectivity index (χ1) is 10.1. The number of aryl methyl sites for hydroxylation is 1. The molecule has 0 spiro atoms. The summed E-state index contributed by atoms with van der Waals surface area (Å²) in [5, 5.41) is 9.19. The topological polar surface area (TPSA) is 80.9 Å². The molecule has 0 atom stereocenters. The third-order valence-corrected chi connectivity index (χ3v) is 3.72. The number of hydrogen-bond donors (Lipinski definition) is 1. The van der Waals surface area contributed by atoms with Gasteiger partial charge in [0.25, 0.3) is 0 Å². The van der Waals surface area contributed by atoms with E-state index in [0.29, 0.717) is 17.0 Å². The lowest BCUT2D eigenvalue weighted by molar-refractivity contribution is 0.768.